The maximum Gasteiger partial charge on any atom is 0.255 e. The first-order valence-corrected chi connectivity index (χ1v) is 8.12. The van der Waals surface area contributed by atoms with Crippen molar-refractivity contribution in [3.8, 4) is 0 Å². The van der Waals surface area contributed by atoms with E-state index in [9.17, 15) is 4.79 Å². The smallest absolute Gasteiger partial charge is 0.255 e. The average molecular weight is 332 g/mol. The molecule has 23 heavy (non-hydrogen) atoms. The summed E-state index contributed by atoms with van der Waals surface area (Å²) in [4.78, 5) is 18.3. The second-order valence-corrected chi connectivity index (χ2v) is 6.06. The molecule has 4 nitrogen and oxygen atoms in total. The summed E-state index contributed by atoms with van der Waals surface area (Å²) in [6.07, 6.45) is 5.37. The molecule has 1 amide bonds. The number of aromatic nitrogens is 1. The molecule has 0 bridgehead atoms. The maximum absolute atomic E-state index is 12.4. The molecule has 0 radical (unpaired) electrons. The topological polar surface area (TPSA) is 45.2 Å². The van der Waals surface area contributed by atoms with Crippen molar-refractivity contribution in [2.24, 2.45) is 0 Å². The standard InChI is InChI=1S/C18H22ClN3O/c1-4-5-8-22(3)18(23)14-10-16(12-20-11-14)21-17-7-6-15(19)9-13(17)2/h6-7,9-12,21H,4-5,8H2,1-3H3. The summed E-state index contributed by atoms with van der Waals surface area (Å²) in [5, 5.41) is 3.99. The number of anilines is 2. The first-order valence-electron chi connectivity index (χ1n) is 7.75. The van der Waals surface area contributed by atoms with Crippen LogP contribution in [-0.4, -0.2) is 29.4 Å². The number of aryl methyl sites for hydroxylation is 1. The van der Waals surface area contributed by atoms with Gasteiger partial charge >= 0.3 is 0 Å². The summed E-state index contributed by atoms with van der Waals surface area (Å²) in [5.74, 6) is -0.0116. The van der Waals surface area contributed by atoms with E-state index in [4.69, 9.17) is 11.6 Å². The van der Waals surface area contributed by atoms with Gasteiger partial charge in [0.15, 0.2) is 0 Å². The quantitative estimate of drug-likeness (QED) is 0.837. The van der Waals surface area contributed by atoms with Gasteiger partial charge in [-0.25, -0.2) is 0 Å². The van der Waals surface area contributed by atoms with Crippen molar-refractivity contribution >= 4 is 28.9 Å². The second kappa shape index (κ2) is 7.97. The summed E-state index contributed by atoms with van der Waals surface area (Å²) in [7, 11) is 1.82. The molecule has 1 aromatic heterocycles. The van der Waals surface area contributed by atoms with E-state index in [1.54, 1.807) is 17.3 Å². The molecular weight excluding hydrogens is 310 g/mol. The molecule has 122 valence electrons. The van der Waals surface area contributed by atoms with Crippen LogP contribution in [0.1, 0.15) is 35.7 Å². The highest BCUT2D eigenvalue weighted by atomic mass is 35.5. The molecule has 0 saturated carbocycles. The molecule has 1 N–H and O–H groups in total. The zero-order chi connectivity index (χ0) is 16.8. The Labute approximate surface area is 142 Å². The first kappa shape index (κ1) is 17.3. The lowest BCUT2D eigenvalue weighted by Crippen LogP contribution is -2.27. The Kier molecular flexibility index (Phi) is 5.99. The number of nitrogens with zero attached hydrogens (tertiary/aromatic N) is 2. The van der Waals surface area contributed by atoms with Gasteiger partial charge in [0.25, 0.3) is 5.91 Å². The van der Waals surface area contributed by atoms with Gasteiger partial charge in [0.05, 0.1) is 17.4 Å². The predicted molar refractivity (Wildman–Crippen MR) is 95.6 cm³/mol. The molecule has 0 aliphatic carbocycles. The fraction of sp³-hybridized carbons (Fsp3) is 0.333. The highest BCUT2D eigenvalue weighted by molar-refractivity contribution is 6.30. The van der Waals surface area contributed by atoms with E-state index in [2.05, 4.69) is 17.2 Å². The number of pyridine rings is 1. The van der Waals surface area contributed by atoms with Crippen LogP contribution in [0.15, 0.2) is 36.7 Å². The van der Waals surface area contributed by atoms with Crippen molar-refractivity contribution in [1.82, 2.24) is 9.88 Å². The van der Waals surface area contributed by atoms with Crippen molar-refractivity contribution in [3.63, 3.8) is 0 Å². The van der Waals surface area contributed by atoms with Crippen LogP contribution >= 0.6 is 11.6 Å². The number of benzene rings is 1. The number of carbonyl (C=O) groups excluding carboxylic acids is 1. The fourth-order valence-electron chi connectivity index (χ4n) is 2.27. The Hall–Kier alpha value is -2.07. The Morgan fingerprint density at radius 3 is 2.78 bits per heavy atom. The molecule has 0 aliphatic heterocycles. The van der Waals surface area contributed by atoms with Gasteiger partial charge in [0.1, 0.15) is 0 Å². The minimum Gasteiger partial charge on any atom is -0.354 e. The number of carbonyl (C=O) groups is 1. The molecule has 0 atom stereocenters. The van der Waals surface area contributed by atoms with Crippen molar-refractivity contribution in [1.29, 1.82) is 0 Å². The summed E-state index contributed by atoms with van der Waals surface area (Å²) in [6, 6.07) is 7.47. The van der Waals surface area contributed by atoms with Crippen molar-refractivity contribution in [3.05, 3.63) is 52.8 Å². The highest BCUT2D eigenvalue weighted by Gasteiger charge is 2.12. The molecule has 2 aromatic rings. The van der Waals surface area contributed by atoms with Crippen LogP contribution in [0.5, 0.6) is 0 Å². The molecule has 0 unspecified atom stereocenters. The number of rotatable bonds is 6. The Morgan fingerprint density at radius 2 is 2.09 bits per heavy atom. The summed E-state index contributed by atoms with van der Waals surface area (Å²) in [5.41, 5.74) is 3.35. The number of unbranched alkanes of at least 4 members (excludes halogenated alkanes) is 1. The van der Waals surface area contributed by atoms with E-state index >= 15 is 0 Å². The van der Waals surface area contributed by atoms with Gasteiger partial charge in [0.2, 0.25) is 0 Å². The largest absolute Gasteiger partial charge is 0.354 e. The highest BCUT2D eigenvalue weighted by Crippen LogP contribution is 2.23. The lowest BCUT2D eigenvalue weighted by Gasteiger charge is -2.17. The Balaban J connectivity index is 2.14. The predicted octanol–water partition coefficient (Wildman–Crippen LogP) is 4.66. The summed E-state index contributed by atoms with van der Waals surface area (Å²) >= 11 is 5.97. The van der Waals surface area contributed by atoms with Crippen LogP contribution in [-0.2, 0) is 0 Å². The number of amides is 1. The average Bonchev–Trinajstić information content (AvgIpc) is 2.55. The molecule has 0 fully saturated rings. The van der Waals surface area contributed by atoms with Gasteiger partial charge in [0, 0.05) is 30.5 Å². The van der Waals surface area contributed by atoms with Crippen molar-refractivity contribution < 1.29 is 4.79 Å². The van der Waals surface area contributed by atoms with E-state index in [0.29, 0.717) is 10.6 Å². The minimum absolute atomic E-state index is 0.0116. The summed E-state index contributed by atoms with van der Waals surface area (Å²) in [6.45, 7) is 4.84. The zero-order valence-electron chi connectivity index (χ0n) is 13.8. The number of halogens is 1. The van der Waals surface area contributed by atoms with Crippen LogP contribution in [0.25, 0.3) is 0 Å². The molecule has 1 aromatic carbocycles. The van der Waals surface area contributed by atoms with Crippen LogP contribution < -0.4 is 5.32 Å². The SMILES string of the molecule is CCCCN(C)C(=O)c1cncc(Nc2ccc(Cl)cc2C)c1. The van der Waals surface area contributed by atoms with Crippen molar-refractivity contribution in [2.45, 2.75) is 26.7 Å². The van der Waals surface area contributed by atoms with E-state index in [1.807, 2.05) is 38.2 Å². The van der Waals surface area contributed by atoms with Gasteiger partial charge < -0.3 is 10.2 Å². The number of hydrogen-bond acceptors (Lipinski definition) is 3. The molecule has 1 heterocycles. The zero-order valence-corrected chi connectivity index (χ0v) is 14.5. The Morgan fingerprint density at radius 1 is 1.30 bits per heavy atom. The van der Waals surface area contributed by atoms with Crippen LogP contribution in [0, 0.1) is 6.92 Å². The van der Waals surface area contributed by atoms with Gasteiger partial charge in [-0.1, -0.05) is 24.9 Å². The lowest BCUT2D eigenvalue weighted by molar-refractivity contribution is 0.0793. The van der Waals surface area contributed by atoms with Gasteiger partial charge in [-0.3, -0.25) is 9.78 Å². The minimum atomic E-state index is -0.0116. The normalized spacial score (nSPS) is 10.4. The molecular formula is C18H22ClN3O. The maximum atomic E-state index is 12.4. The molecule has 0 aliphatic rings. The van der Waals surface area contributed by atoms with Crippen molar-refractivity contribution in [2.75, 3.05) is 18.9 Å². The van der Waals surface area contributed by atoms with Gasteiger partial charge in [-0.2, -0.15) is 0 Å². The van der Waals surface area contributed by atoms with E-state index in [0.717, 1.165) is 36.3 Å². The van der Waals surface area contributed by atoms with Gasteiger partial charge in [-0.15, -0.1) is 0 Å². The third kappa shape index (κ3) is 4.70. The third-order valence-corrected chi connectivity index (χ3v) is 3.88. The first-order chi connectivity index (χ1) is 11.0. The summed E-state index contributed by atoms with van der Waals surface area (Å²) < 4.78 is 0. The van der Waals surface area contributed by atoms with Gasteiger partial charge in [-0.05, 0) is 43.2 Å². The number of hydrogen-bond donors (Lipinski definition) is 1. The lowest BCUT2D eigenvalue weighted by atomic mass is 10.2. The van der Waals surface area contributed by atoms with E-state index in [-0.39, 0.29) is 5.91 Å². The van der Waals surface area contributed by atoms with Crippen LogP contribution in [0.4, 0.5) is 11.4 Å². The molecule has 0 saturated heterocycles. The Bertz CT molecular complexity index is 688. The monoisotopic (exact) mass is 331 g/mol. The third-order valence-electron chi connectivity index (χ3n) is 3.65. The van der Waals surface area contributed by atoms with E-state index in [1.165, 1.54) is 0 Å². The second-order valence-electron chi connectivity index (χ2n) is 5.63. The number of nitrogens with one attached hydrogen (secondary N) is 1. The fourth-order valence-corrected chi connectivity index (χ4v) is 2.49. The van der Waals surface area contributed by atoms with Crippen LogP contribution in [0.2, 0.25) is 5.02 Å². The molecule has 0 spiro atoms. The molecule has 5 heteroatoms. The molecule has 2 rings (SSSR count). The van der Waals surface area contributed by atoms with E-state index < -0.39 is 0 Å². The van der Waals surface area contributed by atoms with Crippen LogP contribution in [0.3, 0.4) is 0 Å².